The standard InChI is InChI=1S/C20H32O2.C17H28O2/c1-5-19(3,4)18(21)22-20(6-2)11-14-10-15(20)17-13-8-7-12(9-13)16(14)17;1-5-16(2,3)15(18)19-17(4)13-7-11-6-12(9-13)10-14(17)8-11/h12-17H,5-11H2,1-4H3;11-14H,5-10H2,1-4H3. The van der Waals surface area contributed by atoms with Crippen molar-refractivity contribution in [1.82, 2.24) is 0 Å². The summed E-state index contributed by atoms with van der Waals surface area (Å²) in [6.45, 7) is 16.7. The van der Waals surface area contributed by atoms with Crippen molar-refractivity contribution in [2.75, 3.05) is 0 Å². The van der Waals surface area contributed by atoms with Gasteiger partial charge < -0.3 is 9.47 Å². The Morgan fingerprint density at radius 1 is 0.683 bits per heavy atom. The van der Waals surface area contributed by atoms with Crippen molar-refractivity contribution < 1.29 is 19.1 Å². The van der Waals surface area contributed by atoms with E-state index in [4.69, 9.17) is 9.47 Å². The number of rotatable bonds is 7. The second kappa shape index (κ2) is 10.3. The Balaban J connectivity index is 0.000000149. The molecule has 8 aliphatic rings. The minimum atomic E-state index is -0.336. The molecule has 0 saturated heterocycles. The third-order valence-corrected chi connectivity index (χ3v) is 14.7. The molecule has 232 valence electrons. The lowest BCUT2D eigenvalue weighted by molar-refractivity contribution is -0.211. The molecule has 8 aliphatic carbocycles. The van der Waals surface area contributed by atoms with Crippen LogP contribution < -0.4 is 0 Å². The van der Waals surface area contributed by atoms with Crippen LogP contribution in [-0.2, 0) is 19.1 Å². The molecular formula is C37H60O4. The van der Waals surface area contributed by atoms with E-state index >= 15 is 0 Å². The minimum absolute atomic E-state index is 0.0185. The van der Waals surface area contributed by atoms with Crippen molar-refractivity contribution >= 4 is 11.9 Å². The Morgan fingerprint density at radius 2 is 1.20 bits per heavy atom. The van der Waals surface area contributed by atoms with E-state index in [9.17, 15) is 9.59 Å². The van der Waals surface area contributed by atoms with E-state index in [1.165, 1.54) is 57.8 Å². The van der Waals surface area contributed by atoms with Crippen molar-refractivity contribution in [1.29, 1.82) is 0 Å². The Bertz CT molecular complexity index is 998. The number of carbonyl (C=O) groups is 2. The molecule has 7 atom stereocenters. The van der Waals surface area contributed by atoms with E-state index in [-0.39, 0.29) is 34.0 Å². The average Bonchev–Trinajstić information content (AvgIpc) is 3.72. The van der Waals surface area contributed by atoms with Crippen LogP contribution in [0.1, 0.15) is 139 Å². The van der Waals surface area contributed by atoms with E-state index < -0.39 is 0 Å². The monoisotopic (exact) mass is 568 g/mol. The zero-order valence-corrected chi connectivity index (χ0v) is 27.6. The maximum absolute atomic E-state index is 12.7. The second-order valence-electron chi connectivity index (χ2n) is 17.5. The van der Waals surface area contributed by atoms with Crippen molar-refractivity contribution in [3.05, 3.63) is 0 Å². The third-order valence-electron chi connectivity index (χ3n) is 14.7. The maximum Gasteiger partial charge on any atom is 0.312 e. The van der Waals surface area contributed by atoms with Crippen molar-refractivity contribution in [2.24, 2.45) is 70.0 Å². The first-order valence-corrected chi connectivity index (χ1v) is 17.7. The Hall–Kier alpha value is -1.06. The molecule has 0 aromatic heterocycles. The fourth-order valence-electron chi connectivity index (χ4n) is 11.5. The molecule has 41 heavy (non-hydrogen) atoms. The van der Waals surface area contributed by atoms with E-state index in [0.29, 0.717) is 17.8 Å². The molecule has 0 amide bonds. The molecule has 0 heterocycles. The highest BCUT2D eigenvalue weighted by molar-refractivity contribution is 5.77. The van der Waals surface area contributed by atoms with Gasteiger partial charge in [0.05, 0.1) is 10.8 Å². The van der Waals surface area contributed by atoms with Gasteiger partial charge in [-0.1, -0.05) is 20.8 Å². The molecule has 4 heteroatoms. The number of hydrogen-bond donors (Lipinski definition) is 0. The summed E-state index contributed by atoms with van der Waals surface area (Å²) in [5.41, 5.74) is -0.966. The first-order valence-electron chi connectivity index (χ1n) is 17.7. The molecule has 7 unspecified atom stereocenters. The number of carbonyl (C=O) groups excluding carboxylic acids is 2. The molecule has 8 bridgehead atoms. The van der Waals surface area contributed by atoms with Crippen molar-refractivity contribution in [3.63, 3.8) is 0 Å². The van der Waals surface area contributed by atoms with Crippen LogP contribution in [0.4, 0.5) is 0 Å². The van der Waals surface area contributed by atoms with Crippen LogP contribution in [0.2, 0.25) is 0 Å². The molecule has 4 nitrogen and oxygen atoms in total. The van der Waals surface area contributed by atoms with Gasteiger partial charge in [-0.05, 0) is 171 Å². The van der Waals surface area contributed by atoms with Crippen LogP contribution in [0.3, 0.4) is 0 Å². The summed E-state index contributed by atoms with van der Waals surface area (Å²) in [6, 6.07) is 0. The van der Waals surface area contributed by atoms with Crippen LogP contribution in [-0.4, -0.2) is 23.1 Å². The Morgan fingerprint density at radius 3 is 1.71 bits per heavy atom. The third kappa shape index (κ3) is 4.73. The number of fused-ring (bicyclic) bond motifs is 9. The first kappa shape index (κ1) is 30.0. The van der Waals surface area contributed by atoms with E-state index in [2.05, 4.69) is 27.7 Å². The number of hydrogen-bond acceptors (Lipinski definition) is 4. The SMILES string of the molecule is CCC(C)(C)C(=O)OC1(C)C2CC3CC(C2)CC1C3.CCC(C)(C)C(=O)OC1(CC)CC2CC1C1C3CCC(C3)C21. The van der Waals surface area contributed by atoms with Crippen LogP contribution in [0, 0.1) is 70.0 Å². The van der Waals surface area contributed by atoms with E-state index in [0.717, 1.165) is 67.1 Å². The molecule has 0 aliphatic heterocycles. The quantitative estimate of drug-likeness (QED) is 0.227. The predicted octanol–water partition coefficient (Wildman–Crippen LogP) is 9.00. The molecule has 8 saturated carbocycles. The summed E-state index contributed by atoms with van der Waals surface area (Å²) in [5, 5.41) is 0. The first-order chi connectivity index (χ1) is 19.3. The molecule has 0 aromatic carbocycles. The zero-order chi connectivity index (χ0) is 29.5. The van der Waals surface area contributed by atoms with Gasteiger partial charge in [-0.25, -0.2) is 0 Å². The van der Waals surface area contributed by atoms with Gasteiger partial charge in [0.25, 0.3) is 0 Å². The lowest BCUT2D eigenvalue weighted by atomic mass is 9.50. The Labute approximate surface area is 250 Å². The highest BCUT2D eigenvalue weighted by Gasteiger charge is 2.68. The van der Waals surface area contributed by atoms with Crippen LogP contribution in [0.5, 0.6) is 0 Å². The van der Waals surface area contributed by atoms with Gasteiger partial charge >= 0.3 is 11.9 Å². The summed E-state index contributed by atoms with van der Waals surface area (Å²) in [6.07, 6.45) is 16.3. The number of esters is 2. The summed E-state index contributed by atoms with van der Waals surface area (Å²) in [7, 11) is 0. The highest BCUT2D eigenvalue weighted by atomic mass is 16.6. The second-order valence-corrected chi connectivity index (χ2v) is 17.5. The van der Waals surface area contributed by atoms with Gasteiger partial charge in [0.2, 0.25) is 0 Å². The topological polar surface area (TPSA) is 52.6 Å². The summed E-state index contributed by atoms with van der Waals surface area (Å²) >= 11 is 0. The normalized spacial score (nSPS) is 46.7. The fourth-order valence-corrected chi connectivity index (χ4v) is 11.5. The van der Waals surface area contributed by atoms with Gasteiger partial charge in [-0.2, -0.15) is 0 Å². The molecule has 8 rings (SSSR count). The average molecular weight is 569 g/mol. The highest BCUT2D eigenvalue weighted by Crippen LogP contribution is 2.71. The lowest BCUT2D eigenvalue weighted by Crippen LogP contribution is -2.58. The summed E-state index contributed by atoms with van der Waals surface area (Å²) < 4.78 is 12.4. The molecule has 0 N–H and O–H groups in total. The van der Waals surface area contributed by atoms with Gasteiger partial charge in [-0.3, -0.25) is 9.59 Å². The summed E-state index contributed by atoms with van der Waals surface area (Å²) in [4.78, 5) is 25.2. The molecular weight excluding hydrogens is 508 g/mol. The van der Waals surface area contributed by atoms with Crippen LogP contribution >= 0.6 is 0 Å². The van der Waals surface area contributed by atoms with Gasteiger partial charge in [0.1, 0.15) is 11.2 Å². The van der Waals surface area contributed by atoms with E-state index in [1.54, 1.807) is 0 Å². The molecule has 0 spiro atoms. The van der Waals surface area contributed by atoms with Gasteiger partial charge in [0, 0.05) is 5.92 Å². The lowest BCUT2D eigenvalue weighted by Gasteiger charge is -2.59. The predicted molar refractivity (Wildman–Crippen MR) is 163 cm³/mol. The fraction of sp³-hybridized carbons (Fsp3) is 0.946. The zero-order valence-electron chi connectivity index (χ0n) is 27.6. The molecule has 8 fully saturated rings. The maximum atomic E-state index is 12.7. The number of ether oxygens (including phenoxy) is 2. The largest absolute Gasteiger partial charge is 0.458 e. The molecule has 0 radical (unpaired) electrons. The van der Waals surface area contributed by atoms with Crippen molar-refractivity contribution in [2.45, 2.75) is 150 Å². The van der Waals surface area contributed by atoms with E-state index in [1.807, 2.05) is 27.7 Å². The smallest absolute Gasteiger partial charge is 0.312 e. The van der Waals surface area contributed by atoms with Crippen LogP contribution in [0.25, 0.3) is 0 Å². The Kier molecular flexibility index (Phi) is 7.50. The van der Waals surface area contributed by atoms with Crippen molar-refractivity contribution in [3.8, 4) is 0 Å². The van der Waals surface area contributed by atoms with Gasteiger partial charge in [-0.15, -0.1) is 0 Å². The van der Waals surface area contributed by atoms with Gasteiger partial charge in [0.15, 0.2) is 0 Å². The van der Waals surface area contributed by atoms with Crippen LogP contribution in [0.15, 0.2) is 0 Å². The molecule has 0 aromatic rings. The summed E-state index contributed by atoms with van der Waals surface area (Å²) in [5.74, 6) is 8.52. The minimum Gasteiger partial charge on any atom is -0.458 e.